The lowest BCUT2D eigenvalue weighted by molar-refractivity contribution is -0.384. The van der Waals surface area contributed by atoms with Crippen molar-refractivity contribution in [1.29, 1.82) is 5.26 Å². The summed E-state index contributed by atoms with van der Waals surface area (Å²) in [5, 5.41) is 23.0. The minimum absolute atomic E-state index is 0.0419. The molecule has 0 saturated heterocycles. The Labute approximate surface area is 119 Å². The number of hydrogen-bond acceptors (Lipinski definition) is 4. The Morgan fingerprint density at radius 2 is 2.05 bits per heavy atom. The number of nitriles is 1. The standard InChI is InChI=1S/C15H21N3O2/c1-11(2)5-4-6-12(3)17-14-8-7-13(10-16)9-15(14)18(19)20/h7-9,11-12,17H,4-6H2,1-3H3. The van der Waals surface area contributed by atoms with Crippen molar-refractivity contribution in [2.45, 2.75) is 46.1 Å². The van der Waals surface area contributed by atoms with Gasteiger partial charge in [0.05, 0.1) is 16.6 Å². The van der Waals surface area contributed by atoms with Crippen LogP contribution in [-0.2, 0) is 0 Å². The van der Waals surface area contributed by atoms with E-state index in [1.165, 1.54) is 6.07 Å². The lowest BCUT2D eigenvalue weighted by Gasteiger charge is -2.16. The van der Waals surface area contributed by atoms with Gasteiger partial charge >= 0.3 is 0 Å². The third-order valence-corrected chi connectivity index (χ3v) is 3.14. The van der Waals surface area contributed by atoms with Gasteiger partial charge in [0.2, 0.25) is 0 Å². The molecule has 0 saturated carbocycles. The molecule has 5 nitrogen and oxygen atoms in total. The molecule has 108 valence electrons. The summed E-state index contributed by atoms with van der Waals surface area (Å²) in [6.45, 7) is 6.38. The Hall–Kier alpha value is -2.09. The molecule has 0 aliphatic carbocycles. The van der Waals surface area contributed by atoms with Crippen molar-refractivity contribution < 1.29 is 4.92 Å². The van der Waals surface area contributed by atoms with Crippen LogP contribution in [0.1, 0.15) is 45.6 Å². The second-order valence-corrected chi connectivity index (χ2v) is 5.47. The lowest BCUT2D eigenvalue weighted by Crippen LogP contribution is -2.16. The summed E-state index contributed by atoms with van der Waals surface area (Å²) in [5.41, 5.74) is 0.737. The van der Waals surface area contributed by atoms with Gasteiger partial charge in [0.1, 0.15) is 5.69 Å². The normalized spacial score (nSPS) is 11.9. The van der Waals surface area contributed by atoms with Gasteiger partial charge in [-0.2, -0.15) is 5.26 Å². The molecular formula is C15H21N3O2. The highest BCUT2D eigenvalue weighted by Crippen LogP contribution is 2.26. The molecular weight excluding hydrogens is 254 g/mol. The number of benzene rings is 1. The summed E-state index contributed by atoms with van der Waals surface area (Å²) in [5.74, 6) is 0.673. The summed E-state index contributed by atoms with van der Waals surface area (Å²) in [4.78, 5) is 10.6. The van der Waals surface area contributed by atoms with Crippen LogP contribution in [0.3, 0.4) is 0 Å². The quantitative estimate of drug-likeness (QED) is 0.600. The molecule has 0 spiro atoms. The first-order valence-electron chi connectivity index (χ1n) is 6.89. The average Bonchev–Trinajstić information content (AvgIpc) is 2.38. The predicted octanol–water partition coefficient (Wildman–Crippen LogP) is 4.09. The molecule has 0 heterocycles. The minimum atomic E-state index is -0.454. The highest BCUT2D eigenvalue weighted by Gasteiger charge is 2.16. The number of nitrogens with one attached hydrogen (secondary N) is 1. The molecule has 1 aromatic carbocycles. The van der Waals surface area contributed by atoms with Gasteiger partial charge in [-0.1, -0.05) is 26.7 Å². The highest BCUT2D eigenvalue weighted by atomic mass is 16.6. The zero-order valence-corrected chi connectivity index (χ0v) is 12.2. The second kappa shape index (κ2) is 7.49. The fourth-order valence-corrected chi connectivity index (χ4v) is 2.04. The van der Waals surface area contributed by atoms with Crippen LogP contribution >= 0.6 is 0 Å². The van der Waals surface area contributed by atoms with Gasteiger partial charge in [0, 0.05) is 12.1 Å². The monoisotopic (exact) mass is 275 g/mol. The van der Waals surface area contributed by atoms with Crippen LogP contribution < -0.4 is 5.32 Å². The molecule has 0 aliphatic heterocycles. The van der Waals surface area contributed by atoms with Crippen LogP contribution in [0.5, 0.6) is 0 Å². The van der Waals surface area contributed by atoms with E-state index in [9.17, 15) is 10.1 Å². The Balaban J connectivity index is 2.72. The largest absolute Gasteiger partial charge is 0.377 e. The van der Waals surface area contributed by atoms with Crippen LogP contribution in [-0.4, -0.2) is 11.0 Å². The predicted molar refractivity (Wildman–Crippen MR) is 79.6 cm³/mol. The zero-order chi connectivity index (χ0) is 15.1. The van der Waals surface area contributed by atoms with Crippen molar-refractivity contribution in [3.05, 3.63) is 33.9 Å². The number of nitro groups is 1. The van der Waals surface area contributed by atoms with E-state index in [2.05, 4.69) is 19.2 Å². The summed E-state index contributed by atoms with van der Waals surface area (Å²) in [7, 11) is 0. The van der Waals surface area contributed by atoms with Crippen molar-refractivity contribution in [1.82, 2.24) is 0 Å². The molecule has 0 aliphatic rings. The average molecular weight is 275 g/mol. The number of nitro benzene ring substituents is 1. The minimum Gasteiger partial charge on any atom is -0.377 e. The molecule has 0 fully saturated rings. The molecule has 0 bridgehead atoms. The molecule has 0 aromatic heterocycles. The van der Waals surface area contributed by atoms with Crippen LogP contribution in [0.4, 0.5) is 11.4 Å². The van der Waals surface area contributed by atoms with Crippen LogP contribution in [0.2, 0.25) is 0 Å². The first-order chi connectivity index (χ1) is 9.43. The van der Waals surface area contributed by atoms with Crippen molar-refractivity contribution in [3.63, 3.8) is 0 Å². The Morgan fingerprint density at radius 3 is 2.60 bits per heavy atom. The molecule has 1 atom stereocenters. The van der Waals surface area contributed by atoms with Crippen molar-refractivity contribution >= 4 is 11.4 Å². The summed E-state index contributed by atoms with van der Waals surface area (Å²) in [6.07, 6.45) is 3.22. The summed E-state index contributed by atoms with van der Waals surface area (Å²) in [6, 6.07) is 6.59. The lowest BCUT2D eigenvalue weighted by atomic mass is 10.0. The van der Waals surface area contributed by atoms with Crippen LogP contribution in [0, 0.1) is 27.4 Å². The van der Waals surface area contributed by atoms with Crippen molar-refractivity contribution in [3.8, 4) is 6.07 Å². The maximum Gasteiger partial charge on any atom is 0.293 e. The zero-order valence-electron chi connectivity index (χ0n) is 12.2. The van der Waals surface area contributed by atoms with Gasteiger partial charge in [-0.25, -0.2) is 0 Å². The van der Waals surface area contributed by atoms with E-state index in [1.54, 1.807) is 12.1 Å². The topological polar surface area (TPSA) is 79.0 Å². The maximum atomic E-state index is 11.0. The van der Waals surface area contributed by atoms with Crippen LogP contribution in [0.15, 0.2) is 18.2 Å². The molecule has 0 radical (unpaired) electrons. The van der Waals surface area contributed by atoms with Gasteiger partial charge in [-0.15, -0.1) is 0 Å². The van der Waals surface area contributed by atoms with Crippen molar-refractivity contribution in [2.24, 2.45) is 5.92 Å². The highest BCUT2D eigenvalue weighted by molar-refractivity contribution is 5.64. The first-order valence-corrected chi connectivity index (χ1v) is 6.89. The number of rotatable bonds is 7. The Bertz CT molecular complexity index is 506. The van der Waals surface area contributed by atoms with Gasteiger partial charge in [0.15, 0.2) is 0 Å². The molecule has 1 rings (SSSR count). The number of nitrogens with zero attached hydrogens (tertiary/aromatic N) is 2. The van der Waals surface area contributed by atoms with Crippen LogP contribution in [0.25, 0.3) is 0 Å². The molecule has 1 N–H and O–H groups in total. The molecule has 1 unspecified atom stereocenters. The smallest absolute Gasteiger partial charge is 0.293 e. The van der Waals surface area contributed by atoms with Gasteiger partial charge in [0.25, 0.3) is 5.69 Å². The number of hydrogen-bond donors (Lipinski definition) is 1. The third-order valence-electron chi connectivity index (χ3n) is 3.14. The van der Waals surface area contributed by atoms with E-state index < -0.39 is 4.92 Å². The summed E-state index contributed by atoms with van der Waals surface area (Å²) < 4.78 is 0. The molecule has 0 amide bonds. The first kappa shape index (κ1) is 16.0. The van der Waals surface area contributed by atoms with E-state index in [4.69, 9.17) is 5.26 Å². The van der Waals surface area contributed by atoms with Gasteiger partial charge in [-0.3, -0.25) is 10.1 Å². The van der Waals surface area contributed by atoms with E-state index in [1.807, 2.05) is 13.0 Å². The van der Waals surface area contributed by atoms with E-state index in [0.29, 0.717) is 17.2 Å². The van der Waals surface area contributed by atoms with E-state index in [0.717, 1.165) is 19.3 Å². The maximum absolute atomic E-state index is 11.0. The Morgan fingerprint density at radius 1 is 1.35 bits per heavy atom. The Kier molecular flexibility index (Phi) is 5.98. The van der Waals surface area contributed by atoms with Gasteiger partial charge < -0.3 is 5.32 Å². The SMILES string of the molecule is CC(C)CCCC(C)Nc1ccc(C#N)cc1[N+](=O)[O-]. The second-order valence-electron chi connectivity index (χ2n) is 5.47. The molecule has 1 aromatic rings. The van der Waals surface area contributed by atoms with Crippen molar-refractivity contribution in [2.75, 3.05) is 5.32 Å². The molecule has 5 heteroatoms. The third kappa shape index (κ3) is 4.88. The fourth-order valence-electron chi connectivity index (χ4n) is 2.04. The molecule has 20 heavy (non-hydrogen) atoms. The number of anilines is 1. The van der Waals surface area contributed by atoms with E-state index in [-0.39, 0.29) is 11.7 Å². The van der Waals surface area contributed by atoms with Gasteiger partial charge in [-0.05, 0) is 31.4 Å². The fraction of sp³-hybridized carbons (Fsp3) is 0.533. The summed E-state index contributed by atoms with van der Waals surface area (Å²) >= 11 is 0. The van der Waals surface area contributed by atoms with E-state index >= 15 is 0 Å².